The van der Waals surface area contributed by atoms with E-state index in [1.807, 2.05) is 6.20 Å². The highest BCUT2D eigenvalue weighted by Crippen LogP contribution is 2.42. The summed E-state index contributed by atoms with van der Waals surface area (Å²) >= 11 is 0. The molecule has 1 aliphatic rings. The van der Waals surface area contributed by atoms with E-state index in [0.29, 0.717) is 12.4 Å². The van der Waals surface area contributed by atoms with Gasteiger partial charge in [-0.3, -0.25) is 0 Å². The third-order valence-electron chi connectivity index (χ3n) is 4.09. The fourth-order valence-corrected chi connectivity index (χ4v) is 3.01. The zero-order chi connectivity index (χ0) is 12.6. The maximum Gasteiger partial charge on any atom is 0.232 e. The molecule has 3 N–H and O–H groups in total. The Morgan fingerprint density at radius 1 is 1.44 bits per heavy atom. The van der Waals surface area contributed by atoms with Crippen LogP contribution < -0.4 is 10.5 Å². The van der Waals surface area contributed by atoms with Gasteiger partial charge in [0.2, 0.25) is 5.88 Å². The average Bonchev–Trinajstić information content (AvgIpc) is 3.04. The molecule has 0 aliphatic heterocycles. The first-order valence-corrected chi connectivity index (χ1v) is 6.38. The number of nitrogens with one attached hydrogen (secondary N) is 1. The second-order valence-corrected chi connectivity index (χ2v) is 5.00. The van der Waals surface area contributed by atoms with E-state index in [-0.39, 0.29) is 5.41 Å². The fraction of sp³-hybridized carbons (Fsp3) is 0.538. The van der Waals surface area contributed by atoms with Crippen LogP contribution in [0.3, 0.4) is 0 Å². The molecule has 2 aromatic heterocycles. The van der Waals surface area contributed by atoms with Crippen LogP contribution in [0.15, 0.2) is 12.4 Å². The van der Waals surface area contributed by atoms with E-state index in [9.17, 15) is 0 Å². The van der Waals surface area contributed by atoms with Gasteiger partial charge in [0.1, 0.15) is 5.52 Å². The largest absolute Gasteiger partial charge is 0.480 e. The van der Waals surface area contributed by atoms with Crippen LogP contribution in [0.4, 0.5) is 0 Å². The lowest BCUT2D eigenvalue weighted by atomic mass is 9.80. The van der Waals surface area contributed by atoms with E-state index in [4.69, 9.17) is 10.5 Å². The van der Waals surface area contributed by atoms with E-state index in [0.717, 1.165) is 24.0 Å². The topological polar surface area (TPSA) is 76.8 Å². The standard InChI is InChI=1S/C13H18N4O/c1-18-10-7-16-12-11(17-10)9(6-15-12)13(8-14)4-2-3-5-13/h6-7H,2-5,8,14H2,1H3,(H,15,16). The van der Waals surface area contributed by atoms with Crippen molar-refractivity contribution < 1.29 is 4.74 Å². The van der Waals surface area contributed by atoms with Crippen molar-refractivity contribution in [1.29, 1.82) is 0 Å². The Morgan fingerprint density at radius 3 is 2.89 bits per heavy atom. The van der Waals surface area contributed by atoms with E-state index in [2.05, 4.69) is 15.0 Å². The van der Waals surface area contributed by atoms with Crippen LogP contribution in [-0.2, 0) is 5.41 Å². The van der Waals surface area contributed by atoms with Crippen LogP contribution >= 0.6 is 0 Å². The highest BCUT2D eigenvalue weighted by atomic mass is 16.5. The molecule has 0 bridgehead atoms. The lowest BCUT2D eigenvalue weighted by molar-refractivity contribution is 0.397. The number of nitrogens with two attached hydrogens (primary N) is 1. The SMILES string of the molecule is COc1cnc2[nH]cc(C3(CN)CCCC3)c2n1. The minimum Gasteiger partial charge on any atom is -0.480 e. The Balaban J connectivity index is 2.16. The summed E-state index contributed by atoms with van der Waals surface area (Å²) in [5.41, 5.74) is 9.01. The van der Waals surface area contributed by atoms with Crippen molar-refractivity contribution >= 4 is 11.2 Å². The number of aromatic nitrogens is 3. The average molecular weight is 246 g/mol. The number of H-pyrrole nitrogens is 1. The van der Waals surface area contributed by atoms with Crippen molar-refractivity contribution in [3.63, 3.8) is 0 Å². The van der Waals surface area contributed by atoms with E-state index >= 15 is 0 Å². The summed E-state index contributed by atoms with van der Waals surface area (Å²) in [6.45, 7) is 0.666. The molecular weight excluding hydrogens is 228 g/mol. The molecule has 0 radical (unpaired) electrons. The van der Waals surface area contributed by atoms with Crippen molar-refractivity contribution in [2.75, 3.05) is 13.7 Å². The molecule has 1 aliphatic carbocycles. The Bertz CT molecular complexity index is 557. The highest BCUT2D eigenvalue weighted by molar-refractivity contribution is 5.77. The van der Waals surface area contributed by atoms with E-state index in [1.54, 1.807) is 13.3 Å². The summed E-state index contributed by atoms with van der Waals surface area (Å²) < 4.78 is 5.16. The summed E-state index contributed by atoms with van der Waals surface area (Å²) in [5.74, 6) is 0.550. The first-order valence-electron chi connectivity index (χ1n) is 6.38. The highest BCUT2D eigenvalue weighted by Gasteiger charge is 2.36. The second-order valence-electron chi connectivity index (χ2n) is 5.00. The number of ether oxygens (including phenoxy) is 1. The number of aromatic amines is 1. The van der Waals surface area contributed by atoms with Crippen molar-refractivity contribution in [1.82, 2.24) is 15.0 Å². The smallest absolute Gasteiger partial charge is 0.232 e. The van der Waals surface area contributed by atoms with Gasteiger partial charge in [-0.05, 0) is 12.8 Å². The van der Waals surface area contributed by atoms with Gasteiger partial charge in [0.05, 0.1) is 13.3 Å². The fourth-order valence-electron chi connectivity index (χ4n) is 3.01. The normalized spacial score (nSPS) is 18.3. The lowest BCUT2D eigenvalue weighted by Crippen LogP contribution is -2.31. The molecule has 96 valence electrons. The first kappa shape index (κ1) is 11.5. The molecule has 2 heterocycles. The number of methoxy groups -OCH3 is 1. The molecule has 0 spiro atoms. The number of nitrogens with zero attached hydrogens (tertiary/aromatic N) is 2. The van der Waals surface area contributed by atoms with Gasteiger partial charge < -0.3 is 15.5 Å². The van der Waals surface area contributed by atoms with Crippen LogP contribution in [0.25, 0.3) is 11.2 Å². The van der Waals surface area contributed by atoms with Gasteiger partial charge >= 0.3 is 0 Å². The molecule has 1 saturated carbocycles. The zero-order valence-electron chi connectivity index (χ0n) is 10.6. The molecular formula is C13H18N4O. The van der Waals surface area contributed by atoms with Gasteiger partial charge in [0, 0.05) is 23.7 Å². The Morgan fingerprint density at radius 2 is 2.22 bits per heavy atom. The molecule has 3 rings (SSSR count). The predicted octanol–water partition coefficient (Wildman–Crippen LogP) is 1.74. The molecule has 5 nitrogen and oxygen atoms in total. The molecule has 0 aromatic carbocycles. The summed E-state index contributed by atoms with van der Waals surface area (Å²) in [5, 5.41) is 0. The molecule has 0 amide bonds. The van der Waals surface area contributed by atoms with Crippen LogP contribution in [0.1, 0.15) is 31.2 Å². The van der Waals surface area contributed by atoms with Gasteiger partial charge in [0.15, 0.2) is 5.65 Å². The Labute approximate surface area is 106 Å². The molecule has 1 fully saturated rings. The van der Waals surface area contributed by atoms with Crippen molar-refractivity contribution in [3.8, 4) is 5.88 Å². The monoisotopic (exact) mass is 246 g/mol. The molecule has 0 saturated heterocycles. The minimum atomic E-state index is 0.0687. The number of rotatable bonds is 3. The summed E-state index contributed by atoms with van der Waals surface area (Å²) in [6.07, 6.45) is 8.39. The van der Waals surface area contributed by atoms with Crippen LogP contribution in [0.5, 0.6) is 5.88 Å². The van der Waals surface area contributed by atoms with Crippen LogP contribution in [-0.4, -0.2) is 28.6 Å². The molecule has 2 aromatic rings. The van der Waals surface area contributed by atoms with E-state index < -0.39 is 0 Å². The summed E-state index contributed by atoms with van der Waals surface area (Å²) in [4.78, 5) is 12.0. The minimum absolute atomic E-state index is 0.0687. The van der Waals surface area contributed by atoms with Crippen LogP contribution in [0.2, 0.25) is 0 Å². The number of fused-ring (bicyclic) bond motifs is 1. The van der Waals surface area contributed by atoms with Crippen molar-refractivity contribution in [2.24, 2.45) is 5.73 Å². The number of hydrogen-bond donors (Lipinski definition) is 2. The third-order valence-corrected chi connectivity index (χ3v) is 4.09. The summed E-state index contributed by atoms with van der Waals surface area (Å²) in [6, 6.07) is 0. The molecule has 18 heavy (non-hydrogen) atoms. The van der Waals surface area contributed by atoms with Gasteiger partial charge in [-0.1, -0.05) is 12.8 Å². The van der Waals surface area contributed by atoms with Gasteiger partial charge in [-0.15, -0.1) is 0 Å². The quantitative estimate of drug-likeness (QED) is 0.864. The maximum absolute atomic E-state index is 6.03. The van der Waals surface area contributed by atoms with Crippen LogP contribution in [0, 0.1) is 0 Å². The summed E-state index contributed by atoms with van der Waals surface area (Å²) in [7, 11) is 1.61. The predicted molar refractivity (Wildman–Crippen MR) is 69.6 cm³/mol. The Kier molecular flexibility index (Phi) is 2.70. The lowest BCUT2D eigenvalue weighted by Gasteiger charge is -2.26. The maximum atomic E-state index is 6.03. The second kappa shape index (κ2) is 4.24. The molecule has 0 unspecified atom stereocenters. The van der Waals surface area contributed by atoms with Gasteiger partial charge in [-0.2, -0.15) is 0 Å². The first-order chi connectivity index (χ1) is 8.79. The van der Waals surface area contributed by atoms with Gasteiger partial charge in [0.25, 0.3) is 0 Å². The number of hydrogen-bond acceptors (Lipinski definition) is 4. The molecule has 5 heteroatoms. The zero-order valence-corrected chi connectivity index (χ0v) is 10.6. The van der Waals surface area contributed by atoms with Gasteiger partial charge in [-0.25, -0.2) is 9.97 Å². The Hall–Kier alpha value is -1.62. The third kappa shape index (κ3) is 1.58. The van der Waals surface area contributed by atoms with Crippen molar-refractivity contribution in [3.05, 3.63) is 18.0 Å². The molecule has 0 atom stereocenters. The van der Waals surface area contributed by atoms with E-state index in [1.165, 1.54) is 18.4 Å². The van der Waals surface area contributed by atoms with Crippen molar-refractivity contribution in [2.45, 2.75) is 31.1 Å².